The largest absolute Gasteiger partial charge is 0.494 e. The van der Waals surface area contributed by atoms with Crippen molar-refractivity contribution in [2.45, 2.75) is 6.18 Å². The van der Waals surface area contributed by atoms with Crippen molar-refractivity contribution < 1.29 is 22.3 Å². The first-order valence-electron chi connectivity index (χ1n) is 5.75. The summed E-state index contributed by atoms with van der Waals surface area (Å²) in [6.45, 7) is 0. The van der Waals surface area contributed by atoms with Crippen molar-refractivity contribution >= 4 is 17.3 Å². The van der Waals surface area contributed by atoms with E-state index in [0.717, 1.165) is 18.2 Å². The van der Waals surface area contributed by atoms with E-state index >= 15 is 0 Å². The van der Waals surface area contributed by atoms with Crippen LogP contribution in [0.1, 0.15) is 5.56 Å². The predicted molar refractivity (Wildman–Crippen MR) is 69.9 cm³/mol. The van der Waals surface area contributed by atoms with Crippen LogP contribution in [0.2, 0.25) is 0 Å². The molecule has 0 unspecified atom stereocenters. The van der Waals surface area contributed by atoms with Crippen molar-refractivity contribution in [3.05, 3.63) is 41.7 Å². The van der Waals surface area contributed by atoms with E-state index in [9.17, 15) is 17.6 Å². The fourth-order valence-corrected chi connectivity index (χ4v) is 1.67. The molecule has 2 rings (SSSR count). The Hall–Kier alpha value is -2.51. The highest BCUT2D eigenvalue weighted by molar-refractivity contribution is 5.60. The summed E-state index contributed by atoms with van der Waals surface area (Å²) in [4.78, 5) is 3.73. The normalized spacial score (nSPS) is 11.3. The lowest BCUT2D eigenvalue weighted by Gasteiger charge is -2.12. The van der Waals surface area contributed by atoms with Crippen molar-refractivity contribution in [1.82, 2.24) is 4.98 Å². The van der Waals surface area contributed by atoms with Gasteiger partial charge in [0, 0.05) is 11.8 Å². The van der Waals surface area contributed by atoms with Gasteiger partial charge in [0.05, 0.1) is 12.7 Å². The Bertz CT molecular complexity index is 658. The molecule has 1 aromatic heterocycles. The maximum Gasteiger partial charge on any atom is 0.416 e. The van der Waals surface area contributed by atoms with Gasteiger partial charge in [-0.25, -0.2) is 9.37 Å². The minimum atomic E-state index is -4.54. The minimum Gasteiger partial charge on any atom is -0.494 e. The van der Waals surface area contributed by atoms with E-state index in [4.69, 9.17) is 10.5 Å². The number of hydrogen-bond donors (Lipinski definition) is 2. The molecule has 3 N–H and O–H groups in total. The number of nitrogen functional groups attached to an aromatic ring is 1. The molecule has 21 heavy (non-hydrogen) atoms. The van der Waals surface area contributed by atoms with Crippen LogP contribution in [0.5, 0.6) is 5.75 Å². The van der Waals surface area contributed by atoms with Gasteiger partial charge in [0.25, 0.3) is 0 Å². The van der Waals surface area contributed by atoms with Gasteiger partial charge in [-0.2, -0.15) is 13.2 Å². The Morgan fingerprint density at radius 2 is 1.90 bits per heavy atom. The number of anilines is 3. The van der Waals surface area contributed by atoms with E-state index in [1.165, 1.54) is 19.2 Å². The Kier molecular flexibility index (Phi) is 3.88. The van der Waals surface area contributed by atoms with Gasteiger partial charge in [-0.15, -0.1) is 0 Å². The average molecular weight is 301 g/mol. The third-order valence-electron chi connectivity index (χ3n) is 2.60. The second-order valence-electron chi connectivity index (χ2n) is 4.14. The van der Waals surface area contributed by atoms with Crippen LogP contribution >= 0.6 is 0 Å². The van der Waals surface area contributed by atoms with Crippen LogP contribution in [-0.4, -0.2) is 12.1 Å². The molecule has 0 spiro atoms. The van der Waals surface area contributed by atoms with Gasteiger partial charge in [-0.1, -0.05) is 0 Å². The number of benzene rings is 1. The third-order valence-corrected chi connectivity index (χ3v) is 2.60. The van der Waals surface area contributed by atoms with Crippen LogP contribution in [-0.2, 0) is 6.18 Å². The highest BCUT2D eigenvalue weighted by Crippen LogP contribution is 2.32. The smallest absolute Gasteiger partial charge is 0.416 e. The van der Waals surface area contributed by atoms with E-state index in [2.05, 4.69) is 10.3 Å². The van der Waals surface area contributed by atoms with Crippen LogP contribution in [0.3, 0.4) is 0 Å². The highest BCUT2D eigenvalue weighted by Gasteiger charge is 2.31. The first-order chi connectivity index (χ1) is 9.79. The fourth-order valence-electron chi connectivity index (χ4n) is 1.67. The van der Waals surface area contributed by atoms with E-state index in [0.29, 0.717) is 0 Å². The summed E-state index contributed by atoms with van der Waals surface area (Å²) in [6, 6.07) is 5.38. The second kappa shape index (κ2) is 5.47. The van der Waals surface area contributed by atoms with Crippen LogP contribution in [0, 0.1) is 5.82 Å². The number of ether oxygens (including phenoxy) is 1. The molecular weight excluding hydrogens is 290 g/mol. The lowest BCUT2D eigenvalue weighted by atomic mass is 10.2. The van der Waals surface area contributed by atoms with Crippen LogP contribution < -0.4 is 15.8 Å². The molecule has 112 valence electrons. The average Bonchev–Trinajstić information content (AvgIpc) is 2.37. The first kappa shape index (κ1) is 14.9. The molecule has 0 radical (unpaired) electrons. The molecule has 2 aromatic rings. The molecule has 1 aromatic carbocycles. The summed E-state index contributed by atoms with van der Waals surface area (Å²) in [7, 11) is 1.31. The van der Waals surface area contributed by atoms with E-state index < -0.39 is 17.6 Å². The number of aromatic nitrogens is 1. The zero-order valence-electron chi connectivity index (χ0n) is 10.8. The van der Waals surface area contributed by atoms with Crippen LogP contribution in [0.15, 0.2) is 30.3 Å². The Labute approximate surface area is 117 Å². The van der Waals surface area contributed by atoms with Crippen molar-refractivity contribution in [2.24, 2.45) is 0 Å². The van der Waals surface area contributed by atoms with Crippen molar-refractivity contribution in [2.75, 3.05) is 18.2 Å². The number of nitrogens with one attached hydrogen (secondary N) is 1. The molecule has 0 aliphatic heterocycles. The fraction of sp³-hybridized carbons (Fsp3) is 0.154. The van der Waals surface area contributed by atoms with E-state index in [1.807, 2.05) is 0 Å². The molecule has 0 amide bonds. The maximum atomic E-state index is 13.5. The lowest BCUT2D eigenvalue weighted by Crippen LogP contribution is -2.08. The number of rotatable bonds is 3. The van der Waals surface area contributed by atoms with Gasteiger partial charge < -0.3 is 15.8 Å². The Morgan fingerprint density at radius 3 is 2.48 bits per heavy atom. The monoisotopic (exact) mass is 301 g/mol. The zero-order valence-corrected chi connectivity index (χ0v) is 10.8. The van der Waals surface area contributed by atoms with Gasteiger partial charge >= 0.3 is 6.18 Å². The predicted octanol–water partition coefficient (Wildman–Crippen LogP) is 3.57. The van der Waals surface area contributed by atoms with Gasteiger partial charge in [0.1, 0.15) is 11.6 Å². The molecule has 0 aliphatic carbocycles. The summed E-state index contributed by atoms with van der Waals surface area (Å²) in [5.74, 6) is -1.05. The quantitative estimate of drug-likeness (QED) is 0.851. The lowest BCUT2D eigenvalue weighted by molar-refractivity contribution is -0.137. The third kappa shape index (κ3) is 3.53. The molecular formula is C13H11F4N3O. The molecule has 8 heteroatoms. The van der Waals surface area contributed by atoms with Crippen LogP contribution in [0.25, 0.3) is 0 Å². The summed E-state index contributed by atoms with van der Waals surface area (Å²) in [5.41, 5.74) is 4.62. The number of methoxy groups -OCH3 is 1. The Morgan fingerprint density at radius 1 is 1.19 bits per heavy atom. The summed E-state index contributed by atoms with van der Waals surface area (Å²) in [5, 5.41) is 2.56. The topological polar surface area (TPSA) is 60.2 Å². The molecule has 4 nitrogen and oxygen atoms in total. The standard InChI is InChI=1S/C13H11F4N3O/c1-21-10-3-2-8(6-9(10)14)19-12-5-7(13(15,16)17)4-11(18)20-12/h2-6H,1H3,(H3,18,19,20). The molecule has 0 bridgehead atoms. The van der Waals surface area contributed by atoms with Crippen molar-refractivity contribution in [1.29, 1.82) is 0 Å². The van der Waals surface area contributed by atoms with Gasteiger partial charge in [0.2, 0.25) is 0 Å². The van der Waals surface area contributed by atoms with E-state index in [1.54, 1.807) is 0 Å². The van der Waals surface area contributed by atoms with Gasteiger partial charge in [-0.3, -0.25) is 0 Å². The number of halogens is 4. The highest BCUT2D eigenvalue weighted by atomic mass is 19.4. The second-order valence-corrected chi connectivity index (χ2v) is 4.14. The number of nitrogens with two attached hydrogens (primary N) is 1. The maximum absolute atomic E-state index is 13.5. The van der Waals surface area contributed by atoms with Crippen molar-refractivity contribution in [3.8, 4) is 5.75 Å². The Balaban J connectivity index is 2.31. The molecule has 0 saturated heterocycles. The summed E-state index contributed by atoms with van der Waals surface area (Å²) in [6.07, 6.45) is -4.54. The summed E-state index contributed by atoms with van der Waals surface area (Å²) >= 11 is 0. The molecule has 0 fully saturated rings. The molecule has 1 heterocycles. The minimum absolute atomic E-state index is 0.0251. The van der Waals surface area contributed by atoms with Gasteiger partial charge in [-0.05, 0) is 24.3 Å². The number of alkyl halides is 3. The first-order valence-corrected chi connectivity index (χ1v) is 5.75. The molecule has 0 atom stereocenters. The van der Waals surface area contributed by atoms with E-state index in [-0.39, 0.29) is 23.1 Å². The number of hydrogen-bond acceptors (Lipinski definition) is 4. The van der Waals surface area contributed by atoms with Gasteiger partial charge in [0.15, 0.2) is 11.6 Å². The molecule has 0 saturated carbocycles. The zero-order chi connectivity index (χ0) is 15.6. The number of pyridine rings is 1. The summed E-state index contributed by atoms with van der Waals surface area (Å²) < 4.78 is 56.2. The van der Waals surface area contributed by atoms with Crippen LogP contribution in [0.4, 0.5) is 34.9 Å². The molecule has 0 aliphatic rings. The number of nitrogens with zero attached hydrogens (tertiary/aromatic N) is 1. The van der Waals surface area contributed by atoms with Crippen molar-refractivity contribution in [3.63, 3.8) is 0 Å². The SMILES string of the molecule is COc1ccc(Nc2cc(C(F)(F)F)cc(N)n2)cc1F.